The molecule has 3 rings (SSSR count). The Kier molecular flexibility index (Phi) is 5.22. The van der Waals surface area contributed by atoms with Crippen molar-refractivity contribution < 1.29 is 18.8 Å². The molecule has 0 unspecified atom stereocenters. The topological polar surface area (TPSA) is 68.0 Å². The Labute approximate surface area is 142 Å². The predicted molar refractivity (Wildman–Crippen MR) is 87.6 cm³/mol. The van der Waals surface area contributed by atoms with Gasteiger partial charge in [0.2, 0.25) is 5.91 Å². The zero-order valence-electron chi connectivity index (χ0n) is 14.9. The van der Waals surface area contributed by atoms with Crippen LogP contribution >= 0.6 is 0 Å². The van der Waals surface area contributed by atoms with Crippen LogP contribution in [0.15, 0.2) is 4.52 Å². The quantitative estimate of drug-likeness (QED) is 0.802. The van der Waals surface area contributed by atoms with Crippen molar-refractivity contribution in [3.63, 3.8) is 0 Å². The third kappa shape index (κ3) is 3.48. The fraction of sp³-hybridized carbons (Fsp3) is 0.765. The summed E-state index contributed by atoms with van der Waals surface area (Å²) in [5, 5.41) is 4.05. The van der Waals surface area contributed by atoms with Crippen LogP contribution in [0.4, 0.5) is 0 Å². The third-order valence-electron chi connectivity index (χ3n) is 5.05. The van der Waals surface area contributed by atoms with Gasteiger partial charge in [0.05, 0.1) is 11.8 Å². The molecule has 7 heteroatoms. The van der Waals surface area contributed by atoms with Gasteiger partial charge in [-0.1, -0.05) is 5.16 Å². The molecule has 1 aromatic heterocycles. The number of carbonyl (C=O) groups excluding carboxylic acids is 1. The summed E-state index contributed by atoms with van der Waals surface area (Å²) in [7, 11) is 3.48. The van der Waals surface area contributed by atoms with E-state index >= 15 is 0 Å². The average Bonchev–Trinajstić information content (AvgIpc) is 3.08. The summed E-state index contributed by atoms with van der Waals surface area (Å²) in [5.41, 5.74) is 2.08. The fourth-order valence-electron chi connectivity index (χ4n) is 3.57. The van der Waals surface area contributed by atoms with Crippen LogP contribution in [0.25, 0.3) is 0 Å². The summed E-state index contributed by atoms with van der Waals surface area (Å²) in [5.74, 6) is 0.847. The molecule has 0 bridgehead atoms. The molecule has 24 heavy (non-hydrogen) atoms. The van der Waals surface area contributed by atoms with E-state index in [1.54, 1.807) is 19.0 Å². The van der Waals surface area contributed by atoms with Crippen molar-refractivity contribution >= 4 is 5.91 Å². The zero-order valence-corrected chi connectivity index (χ0v) is 14.9. The second-order valence-electron chi connectivity index (χ2n) is 6.91. The molecular formula is C17H27N3O4. The van der Waals surface area contributed by atoms with Gasteiger partial charge in [-0.15, -0.1) is 0 Å². The van der Waals surface area contributed by atoms with E-state index < -0.39 is 0 Å². The number of rotatable bonds is 5. The number of amides is 1. The first kappa shape index (κ1) is 17.4. The Morgan fingerprint density at radius 1 is 1.42 bits per heavy atom. The highest BCUT2D eigenvalue weighted by Gasteiger charge is 2.45. The summed E-state index contributed by atoms with van der Waals surface area (Å²) in [6.45, 7) is 6.34. The lowest BCUT2D eigenvalue weighted by Gasteiger charge is -2.32. The van der Waals surface area contributed by atoms with E-state index in [4.69, 9.17) is 14.0 Å². The number of fused-ring (bicyclic) bond motifs is 1. The zero-order chi connectivity index (χ0) is 17.3. The maximum absolute atomic E-state index is 11.8. The van der Waals surface area contributed by atoms with Gasteiger partial charge in [-0.2, -0.15) is 0 Å². The van der Waals surface area contributed by atoms with Gasteiger partial charge in [-0.25, -0.2) is 0 Å². The molecule has 2 aliphatic rings. The number of ether oxygens (including phenoxy) is 2. The fourth-order valence-corrected chi connectivity index (χ4v) is 3.57. The van der Waals surface area contributed by atoms with E-state index in [0.717, 1.165) is 49.6 Å². The van der Waals surface area contributed by atoms with Crippen molar-refractivity contribution in [2.75, 3.05) is 33.9 Å². The molecule has 3 heterocycles. The van der Waals surface area contributed by atoms with Crippen LogP contribution in [0.5, 0.6) is 0 Å². The molecule has 2 saturated heterocycles. The highest BCUT2D eigenvalue weighted by Crippen LogP contribution is 2.32. The molecule has 0 spiro atoms. The van der Waals surface area contributed by atoms with Crippen LogP contribution in [0, 0.1) is 13.8 Å². The van der Waals surface area contributed by atoms with Gasteiger partial charge in [-0.05, 0) is 26.7 Å². The molecule has 0 aliphatic carbocycles. The van der Waals surface area contributed by atoms with Crippen molar-refractivity contribution in [2.24, 2.45) is 0 Å². The Bertz CT molecular complexity index is 567. The summed E-state index contributed by atoms with van der Waals surface area (Å²) < 4.78 is 17.2. The lowest BCUT2D eigenvalue weighted by atomic mass is 10.0. The molecule has 1 amide bonds. The second-order valence-corrected chi connectivity index (χ2v) is 6.91. The van der Waals surface area contributed by atoms with E-state index in [1.165, 1.54) is 0 Å². The first-order chi connectivity index (χ1) is 11.5. The standard InChI is InChI=1S/C17H27N3O4/c1-11-13(12(2)24-18-11)8-20-9-15(23-10-16(21)19(3)4)17-14(20)6-5-7-22-17/h14-15,17H,5-10H2,1-4H3/t14-,15+,17+/m1/s1. The number of hydrogen-bond acceptors (Lipinski definition) is 6. The first-order valence-electron chi connectivity index (χ1n) is 8.56. The molecule has 134 valence electrons. The molecule has 1 aromatic rings. The third-order valence-corrected chi connectivity index (χ3v) is 5.05. The van der Waals surface area contributed by atoms with Crippen LogP contribution in [0.1, 0.15) is 29.9 Å². The molecule has 0 aromatic carbocycles. The van der Waals surface area contributed by atoms with Crippen LogP contribution in [-0.2, 0) is 20.8 Å². The number of likely N-dealkylation sites (N-methyl/N-ethyl adjacent to an activating group) is 1. The molecular weight excluding hydrogens is 310 g/mol. The van der Waals surface area contributed by atoms with Crippen molar-refractivity contribution in [1.82, 2.24) is 15.0 Å². The van der Waals surface area contributed by atoms with Crippen molar-refractivity contribution in [1.29, 1.82) is 0 Å². The van der Waals surface area contributed by atoms with Crippen molar-refractivity contribution in [3.8, 4) is 0 Å². The molecule has 0 N–H and O–H groups in total. The van der Waals surface area contributed by atoms with Gasteiger partial charge in [0.25, 0.3) is 0 Å². The van der Waals surface area contributed by atoms with Gasteiger partial charge in [0.1, 0.15) is 18.5 Å². The summed E-state index contributed by atoms with van der Waals surface area (Å²) in [6, 6.07) is 0.326. The normalized spacial score (nSPS) is 27.2. The monoisotopic (exact) mass is 337 g/mol. The lowest BCUT2D eigenvalue weighted by Crippen LogP contribution is -2.42. The van der Waals surface area contributed by atoms with Gasteiger partial charge >= 0.3 is 0 Å². The molecule has 2 fully saturated rings. The van der Waals surface area contributed by atoms with E-state index in [9.17, 15) is 4.79 Å². The molecule has 0 saturated carbocycles. The smallest absolute Gasteiger partial charge is 0.248 e. The molecule has 7 nitrogen and oxygen atoms in total. The number of likely N-dealkylation sites (tertiary alicyclic amines) is 1. The van der Waals surface area contributed by atoms with Crippen LogP contribution in [0.3, 0.4) is 0 Å². The maximum atomic E-state index is 11.8. The van der Waals surface area contributed by atoms with Gasteiger partial charge in [0, 0.05) is 45.4 Å². The van der Waals surface area contributed by atoms with Crippen LogP contribution in [-0.4, -0.2) is 73.0 Å². The number of aromatic nitrogens is 1. The van der Waals surface area contributed by atoms with E-state index in [0.29, 0.717) is 6.04 Å². The average molecular weight is 337 g/mol. The number of hydrogen-bond donors (Lipinski definition) is 0. The largest absolute Gasteiger partial charge is 0.374 e. The van der Waals surface area contributed by atoms with E-state index in [1.807, 2.05) is 13.8 Å². The first-order valence-corrected chi connectivity index (χ1v) is 8.56. The highest BCUT2D eigenvalue weighted by molar-refractivity contribution is 5.76. The second kappa shape index (κ2) is 7.21. The van der Waals surface area contributed by atoms with Gasteiger partial charge in [-0.3, -0.25) is 9.69 Å². The van der Waals surface area contributed by atoms with E-state index in [2.05, 4.69) is 10.1 Å². The van der Waals surface area contributed by atoms with Gasteiger partial charge in [0.15, 0.2) is 0 Å². The number of carbonyl (C=O) groups is 1. The molecule has 2 aliphatic heterocycles. The summed E-state index contributed by atoms with van der Waals surface area (Å²) in [6.07, 6.45) is 2.12. The SMILES string of the molecule is Cc1noc(C)c1CN1C[C@H](OCC(=O)N(C)C)[C@H]2OCCC[C@H]21. The highest BCUT2D eigenvalue weighted by atomic mass is 16.5. The van der Waals surface area contributed by atoms with Crippen molar-refractivity contribution in [2.45, 2.75) is 51.5 Å². The summed E-state index contributed by atoms with van der Waals surface area (Å²) in [4.78, 5) is 15.8. The van der Waals surface area contributed by atoms with Crippen LogP contribution in [0.2, 0.25) is 0 Å². The van der Waals surface area contributed by atoms with Gasteiger partial charge < -0.3 is 18.9 Å². The minimum Gasteiger partial charge on any atom is -0.374 e. The molecule has 3 atom stereocenters. The lowest BCUT2D eigenvalue weighted by molar-refractivity contribution is -0.139. The Morgan fingerprint density at radius 3 is 2.88 bits per heavy atom. The minimum absolute atomic E-state index is 0.0217. The number of aryl methyl sites for hydroxylation is 2. The van der Waals surface area contributed by atoms with Crippen LogP contribution < -0.4 is 0 Å². The maximum Gasteiger partial charge on any atom is 0.248 e. The Balaban J connectivity index is 1.68. The predicted octanol–water partition coefficient (Wildman–Crippen LogP) is 1.13. The number of nitrogens with zero attached hydrogens (tertiary/aromatic N) is 3. The molecule has 0 radical (unpaired) electrons. The summed E-state index contributed by atoms with van der Waals surface area (Å²) >= 11 is 0. The van der Waals surface area contributed by atoms with E-state index in [-0.39, 0.29) is 24.7 Å². The Hall–Kier alpha value is -1.44. The minimum atomic E-state index is -0.0697. The Morgan fingerprint density at radius 2 is 2.21 bits per heavy atom. The van der Waals surface area contributed by atoms with Crippen molar-refractivity contribution in [3.05, 3.63) is 17.0 Å².